The zero-order valence-corrected chi connectivity index (χ0v) is 16.5. The van der Waals surface area contributed by atoms with Gasteiger partial charge < -0.3 is 10.2 Å². The van der Waals surface area contributed by atoms with E-state index in [1.54, 1.807) is 6.07 Å². The molecule has 0 radical (unpaired) electrons. The van der Waals surface area contributed by atoms with Crippen molar-refractivity contribution < 1.29 is 4.79 Å². The molecule has 140 valence electrons. The SMILES string of the molecule is CCCN(CCC)C(=O)c1cc(C)nc(NCCc2ccc(Cl)cc2)n1. The van der Waals surface area contributed by atoms with Gasteiger partial charge in [-0.05, 0) is 49.9 Å². The number of amides is 1. The molecule has 0 fully saturated rings. The molecule has 1 N–H and O–H groups in total. The van der Waals surface area contributed by atoms with Gasteiger partial charge in [0.1, 0.15) is 5.69 Å². The smallest absolute Gasteiger partial charge is 0.272 e. The highest BCUT2D eigenvalue weighted by Crippen LogP contribution is 2.12. The second-order valence-electron chi connectivity index (χ2n) is 6.31. The van der Waals surface area contributed by atoms with Gasteiger partial charge in [0.2, 0.25) is 5.95 Å². The summed E-state index contributed by atoms with van der Waals surface area (Å²) in [4.78, 5) is 23.4. The molecule has 0 spiro atoms. The zero-order valence-electron chi connectivity index (χ0n) is 15.8. The molecule has 1 amide bonds. The number of hydrogen-bond acceptors (Lipinski definition) is 4. The van der Waals surface area contributed by atoms with E-state index >= 15 is 0 Å². The first kappa shape index (κ1) is 20.2. The Hall–Kier alpha value is -2.14. The van der Waals surface area contributed by atoms with Gasteiger partial charge in [-0.2, -0.15) is 0 Å². The number of aryl methyl sites for hydroxylation is 1. The van der Waals surface area contributed by atoms with Crippen LogP contribution in [0.4, 0.5) is 5.95 Å². The van der Waals surface area contributed by atoms with Gasteiger partial charge in [0.05, 0.1) is 0 Å². The third kappa shape index (κ3) is 5.99. The van der Waals surface area contributed by atoms with Gasteiger partial charge in [-0.25, -0.2) is 9.97 Å². The Morgan fingerprint density at radius 2 is 1.77 bits per heavy atom. The van der Waals surface area contributed by atoms with Gasteiger partial charge in [0, 0.05) is 30.4 Å². The monoisotopic (exact) mass is 374 g/mol. The highest BCUT2D eigenvalue weighted by molar-refractivity contribution is 6.30. The van der Waals surface area contributed by atoms with Gasteiger partial charge in [-0.15, -0.1) is 0 Å². The van der Waals surface area contributed by atoms with Crippen molar-refractivity contribution in [3.8, 4) is 0 Å². The Kier molecular flexibility index (Phi) is 7.85. The summed E-state index contributed by atoms with van der Waals surface area (Å²) in [7, 11) is 0. The van der Waals surface area contributed by atoms with Gasteiger partial charge in [-0.1, -0.05) is 37.6 Å². The minimum Gasteiger partial charge on any atom is -0.354 e. The number of aromatic nitrogens is 2. The van der Waals surface area contributed by atoms with Crippen LogP contribution in [0.3, 0.4) is 0 Å². The van der Waals surface area contributed by atoms with Crippen LogP contribution in [0, 0.1) is 6.92 Å². The molecule has 0 aliphatic rings. The summed E-state index contributed by atoms with van der Waals surface area (Å²) in [6.07, 6.45) is 2.69. The van der Waals surface area contributed by atoms with Crippen molar-refractivity contribution in [2.45, 2.75) is 40.0 Å². The number of halogens is 1. The molecular weight excluding hydrogens is 348 g/mol. The Bertz CT molecular complexity index is 712. The van der Waals surface area contributed by atoms with Crippen molar-refractivity contribution in [3.05, 3.63) is 52.3 Å². The predicted molar refractivity (Wildman–Crippen MR) is 107 cm³/mol. The number of rotatable bonds is 9. The number of nitrogens with one attached hydrogen (secondary N) is 1. The summed E-state index contributed by atoms with van der Waals surface area (Å²) in [5.41, 5.74) is 2.42. The molecule has 0 aliphatic heterocycles. The molecule has 1 heterocycles. The first-order chi connectivity index (χ1) is 12.5. The van der Waals surface area contributed by atoms with Crippen LogP contribution in [0.2, 0.25) is 5.02 Å². The molecule has 26 heavy (non-hydrogen) atoms. The van der Waals surface area contributed by atoms with Crippen LogP contribution in [0.15, 0.2) is 30.3 Å². The largest absolute Gasteiger partial charge is 0.354 e. The van der Waals surface area contributed by atoms with E-state index < -0.39 is 0 Å². The number of anilines is 1. The molecule has 0 saturated heterocycles. The van der Waals surface area contributed by atoms with Crippen molar-refractivity contribution in [2.24, 2.45) is 0 Å². The summed E-state index contributed by atoms with van der Waals surface area (Å²) >= 11 is 5.90. The maximum atomic E-state index is 12.8. The lowest BCUT2D eigenvalue weighted by Crippen LogP contribution is -2.33. The van der Waals surface area contributed by atoms with E-state index in [1.165, 1.54) is 5.56 Å². The first-order valence-corrected chi connectivity index (χ1v) is 9.54. The highest BCUT2D eigenvalue weighted by Gasteiger charge is 2.17. The summed E-state index contributed by atoms with van der Waals surface area (Å²) in [6, 6.07) is 9.53. The van der Waals surface area contributed by atoms with Crippen molar-refractivity contribution in [3.63, 3.8) is 0 Å². The van der Waals surface area contributed by atoms with E-state index in [-0.39, 0.29) is 5.91 Å². The lowest BCUT2D eigenvalue weighted by molar-refractivity contribution is 0.0749. The van der Waals surface area contributed by atoms with Crippen LogP contribution in [0.5, 0.6) is 0 Å². The van der Waals surface area contributed by atoms with Gasteiger partial charge in [-0.3, -0.25) is 4.79 Å². The highest BCUT2D eigenvalue weighted by atomic mass is 35.5. The summed E-state index contributed by atoms with van der Waals surface area (Å²) in [5, 5.41) is 3.95. The standard InChI is InChI=1S/C20H27ClN4O/c1-4-12-25(13-5-2)19(26)18-14-15(3)23-20(24-18)22-11-10-16-6-8-17(21)9-7-16/h6-9,14H,4-5,10-13H2,1-3H3,(H,22,23,24). The van der Waals surface area contributed by atoms with Gasteiger partial charge in [0.25, 0.3) is 5.91 Å². The zero-order chi connectivity index (χ0) is 18.9. The maximum absolute atomic E-state index is 12.8. The fourth-order valence-electron chi connectivity index (χ4n) is 2.74. The number of benzene rings is 1. The second-order valence-corrected chi connectivity index (χ2v) is 6.75. The van der Waals surface area contributed by atoms with Crippen LogP contribution in [0.1, 0.15) is 48.4 Å². The van der Waals surface area contributed by atoms with Crippen LogP contribution in [-0.4, -0.2) is 40.4 Å². The van der Waals surface area contributed by atoms with Crippen LogP contribution in [0.25, 0.3) is 0 Å². The number of carbonyl (C=O) groups is 1. The quantitative estimate of drug-likeness (QED) is 0.708. The van der Waals surface area contributed by atoms with Crippen molar-refractivity contribution in [1.29, 1.82) is 0 Å². The van der Waals surface area contributed by atoms with Crippen LogP contribution in [-0.2, 0) is 6.42 Å². The molecule has 0 saturated carbocycles. The number of nitrogens with zero attached hydrogens (tertiary/aromatic N) is 3. The minimum atomic E-state index is -0.0278. The molecule has 0 aliphatic carbocycles. The Balaban J connectivity index is 2.03. The predicted octanol–water partition coefficient (Wildman–Crippen LogP) is 4.36. The summed E-state index contributed by atoms with van der Waals surface area (Å²) < 4.78 is 0. The van der Waals surface area contributed by atoms with E-state index in [1.807, 2.05) is 36.1 Å². The van der Waals surface area contributed by atoms with E-state index in [9.17, 15) is 4.79 Å². The molecular formula is C20H27ClN4O. The van der Waals surface area contributed by atoms with Crippen molar-refractivity contribution in [1.82, 2.24) is 14.9 Å². The molecule has 0 unspecified atom stereocenters. The molecule has 2 rings (SSSR count). The van der Waals surface area contributed by atoms with E-state index in [0.29, 0.717) is 18.2 Å². The summed E-state index contributed by atoms with van der Waals surface area (Å²) in [6.45, 7) is 8.21. The topological polar surface area (TPSA) is 58.1 Å². The maximum Gasteiger partial charge on any atom is 0.272 e. The fraction of sp³-hybridized carbons (Fsp3) is 0.450. The Morgan fingerprint density at radius 3 is 2.38 bits per heavy atom. The third-order valence-corrected chi connectivity index (χ3v) is 4.21. The van der Waals surface area contributed by atoms with Crippen molar-refractivity contribution in [2.75, 3.05) is 25.0 Å². The Morgan fingerprint density at radius 1 is 1.12 bits per heavy atom. The molecule has 1 aromatic carbocycles. The van der Waals surface area contributed by atoms with Gasteiger partial charge >= 0.3 is 0 Å². The van der Waals surface area contributed by atoms with Crippen molar-refractivity contribution >= 4 is 23.5 Å². The Labute approximate surface area is 160 Å². The van der Waals surface area contributed by atoms with Crippen LogP contribution >= 0.6 is 11.6 Å². The molecule has 0 bridgehead atoms. The van der Waals surface area contributed by atoms with E-state index in [4.69, 9.17) is 11.6 Å². The minimum absolute atomic E-state index is 0.0278. The average molecular weight is 375 g/mol. The van der Waals surface area contributed by atoms with Gasteiger partial charge in [0.15, 0.2) is 0 Å². The molecule has 5 nitrogen and oxygen atoms in total. The number of hydrogen-bond donors (Lipinski definition) is 1. The fourth-order valence-corrected chi connectivity index (χ4v) is 2.87. The molecule has 0 atom stereocenters. The lowest BCUT2D eigenvalue weighted by atomic mass is 10.1. The van der Waals surface area contributed by atoms with E-state index in [0.717, 1.165) is 43.1 Å². The molecule has 1 aromatic heterocycles. The second kappa shape index (κ2) is 10.1. The normalized spacial score (nSPS) is 10.6. The first-order valence-electron chi connectivity index (χ1n) is 9.16. The lowest BCUT2D eigenvalue weighted by Gasteiger charge is -2.21. The third-order valence-electron chi connectivity index (χ3n) is 3.96. The molecule has 6 heteroatoms. The average Bonchev–Trinajstić information content (AvgIpc) is 2.62. The van der Waals surface area contributed by atoms with E-state index in [2.05, 4.69) is 29.1 Å². The number of carbonyl (C=O) groups excluding carboxylic acids is 1. The van der Waals surface area contributed by atoms with Crippen LogP contribution < -0.4 is 5.32 Å². The molecule has 2 aromatic rings. The summed E-state index contributed by atoms with van der Waals surface area (Å²) in [5.74, 6) is 0.468.